The molecule has 3 fully saturated rings. The summed E-state index contributed by atoms with van der Waals surface area (Å²) in [6, 6.07) is 2.43. The lowest BCUT2D eigenvalue weighted by Gasteiger charge is -2.54. The normalized spacial score (nSPS) is 29.4. The first kappa shape index (κ1) is 21.0. The van der Waals surface area contributed by atoms with Crippen LogP contribution < -0.4 is 5.43 Å². The molecule has 1 aliphatic carbocycles. The Morgan fingerprint density at radius 1 is 1.12 bits per heavy atom. The SMILES string of the molecule is Cn1cc(C(=O)N2CCCC3=C[C@H]4C[C@@H](CN5CCCC[C@H]45)[C@@H]32)c(=O)c2cc(F)cc(F)c21. The van der Waals surface area contributed by atoms with Gasteiger partial charge in [0.25, 0.3) is 5.91 Å². The number of hydrogen-bond donors (Lipinski definition) is 0. The van der Waals surface area contributed by atoms with Crippen molar-refractivity contribution in [3.63, 3.8) is 0 Å². The van der Waals surface area contributed by atoms with E-state index in [2.05, 4.69) is 11.0 Å². The average molecular weight is 454 g/mol. The lowest BCUT2D eigenvalue weighted by Crippen LogP contribution is -2.60. The van der Waals surface area contributed by atoms with Crippen LogP contribution >= 0.6 is 0 Å². The van der Waals surface area contributed by atoms with Crippen LogP contribution in [-0.2, 0) is 7.05 Å². The second kappa shape index (κ2) is 7.76. The molecule has 174 valence electrons. The number of carbonyl (C=O) groups excluding carboxylic acids is 1. The number of pyridine rings is 1. The number of carbonyl (C=O) groups is 1. The monoisotopic (exact) mass is 453 g/mol. The molecule has 0 radical (unpaired) electrons. The van der Waals surface area contributed by atoms with Crippen molar-refractivity contribution in [3.8, 4) is 0 Å². The summed E-state index contributed by atoms with van der Waals surface area (Å²) in [6.07, 6.45) is 10.6. The van der Waals surface area contributed by atoms with E-state index in [0.29, 0.717) is 24.4 Å². The number of nitrogens with zero attached hydrogens (tertiary/aromatic N) is 3. The van der Waals surface area contributed by atoms with Crippen molar-refractivity contribution < 1.29 is 13.6 Å². The van der Waals surface area contributed by atoms with E-state index in [-0.39, 0.29) is 28.4 Å². The molecule has 3 aliphatic heterocycles. The first-order chi connectivity index (χ1) is 15.9. The number of aryl methyl sites for hydroxylation is 1. The Kier molecular flexibility index (Phi) is 4.94. The molecule has 4 heterocycles. The van der Waals surface area contributed by atoms with Crippen molar-refractivity contribution in [2.75, 3.05) is 19.6 Å². The van der Waals surface area contributed by atoms with Gasteiger partial charge in [0.15, 0.2) is 0 Å². The van der Waals surface area contributed by atoms with Crippen LogP contribution in [0.4, 0.5) is 8.78 Å². The Hall–Kier alpha value is -2.54. The number of rotatable bonds is 1. The first-order valence-corrected chi connectivity index (χ1v) is 12.2. The molecule has 4 aliphatic rings. The minimum Gasteiger partial charge on any atom is -0.347 e. The summed E-state index contributed by atoms with van der Waals surface area (Å²) in [4.78, 5) is 31.5. The largest absolute Gasteiger partial charge is 0.347 e. The topological polar surface area (TPSA) is 45.6 Å². The van der Waals surface area contributed by atoms with Crippen molar-refractivity contribution in [2.45, 2.75) is 50.6 Å². The molecular weight excluding hydrogens is 424 g/mol. The standard InChI is InChI=1S/C26H29F2N3O2/c1-29-14-20(25(32)19-11-18(27)12-21(28)24(19)29)26(33)31-8-4-5-15-9-16-10-17(23(15)31)13-30-7-3-2-6-22(16)30/h9,11-12,14,16-17,22-23H,2-8,10,13H2,1H3/t16-,17-,22+,23+/m0/s1. The lowest BCUT2D eigenvalue weighted by molar-refractivity contribution is 0.00142. The van der Waals surface area contributed by atoms with E-state index in [1.165, 1.54) is 35.6 Å². The number of fused-ring (bicyclic) bond motifs is 7. The lowest BCUT2D eigenvalue weighted by atomic mass is 9.68. The molecule has 0 spiro atoms. The average Bonchev–Trinajstić information content (AvgIpc) is 2.80. The van der Waals surface area contributed by atoms with Crippen LogP contribution in [-0.4, -0.2) is 52.0 Å². The third kappa shape index (κ3) is 3.27. The third-order valence-electron chi connectivity index (χ3n) is 8.34. The number of amides is 1. The van der Waals surface area contributed by atoms with Crippen LogP contribution in [0.3, 0.4) is 0 Å². The Labute approximate surface area is 191 Å². The maximum Gasteiger partial charge on any atom is 0.259 e. The van der Waals surface area contributed by atoms with Gasteiger partial charge >= 0.3 is 0 Å². The summed E-state index contributed by atoms with van der Waals surface area (Å²) in [7, 11) is 1.59. The predicted octanol–water partition coefficient (Wildman–Crippen LogP) is 3.85. The summed E-state index contributed by atoms with van der Waals surface area (Å²) >= 11 is 0. The maximum atomic E-state index is 14.4. The smallest absolute Gasteiger partial charge is 0.259 e. The molecule has 0 N–H and O–H groups in total. The van der Waals surface area contributed by atoms with Crippen molar-refractivity contribution in [3.05, 3.63) is 57.4 Å². The maximum absolute atomic E-state index is 14.4. The fourth-order valence-electron chi connectivity index (χ4n) is 7.07. The Balaban J connectivity index is 1.40. The van der Waals surface area contributed by atoms with Crippen molar-refractivity contribution in [1.29, 1.82) is 0 Å². The second-order valence-electron chi connectivity index (χ2n) is 10.3. The van der Waals surface area contributed by atoms with Crippen molar-refractivity contribution >= 4 is 16.8 Å². The van der Waals surface area contributed by atoms with Crippen LogP contribution in [0.15, 0.2) is 34.8 Å². The number of aromatic nitrogens is 1. The minimum atomic E-state index is -0.818. The van der Waals surface area contributed by atoms with Crippen LogP contribution in [0, 0.1) is 23.5 Å². The number of piperidine rings is 3. The highest BCUT2D eigenvalue weighted by Gasteiger charge is 2.47. The molecule has 3 saturated heterocycles. The van der Waals surface area contributed by atoms with Crippen molar-refractivity contribution in [2.24, 2.45) is 18.9 Å². The first-order valence-electron chi connectivity index (χ1n) is 12.2. The molecule has 2 aromatic rings. The molecule has 2 bridgehead atoms. The van der Waals surface area contributed by atoms with Gasteiger partial charge in [0.1, 0.15) is 17.2 Å². The zero-order valence-electron chi connectivity index (χ0n) is 18.9. The van der Waals surface area contributed by atoms with E-state index in [0.717, 1.165) is 44.5 Å². The van der Waals surface area contributed by atoms with Gasteiger partial charge in [-0.05, 0) is 56.6 Å². The van der Waals surface area contributed by atoms with Crippen LogP contribution in [0.2, 0.25) is 0 Å². The van der Waals surface area contributed by atoms with Gasteiger partial charge in [0.2, 0.25) is 5.43 Å². The summed E-state index contributed by atoms with van der Waals surface area (Å²) in [5.74, 6) is -1.01. The molecule has 33 heavy (non-hydrogen) atoms. The van der Waals surface area contributed by atoms with Gasteiger partial charge in [0.05, 0.1) is 16.9 Å². The highest BCUT2D eigenvalue weighted by molar-refractivity contribution is 5.98. The zero-order chi connectivity index (χ0) is 22.9. The van der Waals surface area contributed by atoms with Gasteiger partial charge in [-0.15, -0.1) is 0 Å². The summed E-state index contributed by atoms with van der Waals surface area (Å²) < 4.78 is 29.7. The van der Waals surface area contributed by atoms with Crippen LogP contribution in [0.1, 0.15) is 48.9 Å². The molecule has 0 unspecified atom stereocenters. The highest BCUT2D eigenvalue weighted by atomic mass is 19.1. The van der Waals surface area contributed by atoms with Gasteiger partial charge < -0.3 is 9.47 Å². The predicted molar refractivity (Wildman–Crippen MR) is 122 cm³/mol. The Morgan fingerprint density at radius 2 is 1.97 bits per heavy atom. The molecule has 5 nitrogen and oxygen atoms in total. The van der Waals surface area contributed by atoms with E-state index < -0.39 is 17.1 Å². The fraction of sp³-hybridized carbons (Fsp3) is 0.538. The molecule has 0 saturated carbocycles. The van der Waals surface area contributed by atoms with E-state index in [1.807, 2.05) is 4.90 Å². The van der Waals surface area contributed by atoms with Crippen molar-refractivity contribution in [1.82, 2.24) is 14.4 Å². The molecule has 1 aromatic carbocycles. The quantitative estimate of drug-likeness (QED) is 0.617. The number of hydrogen-bond acceptors (Lipinski definition) is 3. The summed E-state index contributed by atoms with van der Waals surface area (Å²) in [5.41, 5.74) is 0.748. The Morgan fingerprint density at radius 3 is 2.82 bits per heavy atom. The molecule has 6 rings (SSSR count). The third-order valence-corrected chi connectivity index (χ3v) is 8.34. The highest BCUT2D eigenvalue weighted by Crippen LogP contribution is 2.45. The van der Waals surface area contributed by atoms with Crippen LogP contribution in [0.5, 0.6) is 0 Å². The molecule has 4 atom stereocenters. The Bertz CT molecular complexity index is 1240. The van der Waals surface area contributed by atoms with E-state index in [9.17, 15) is 18.4 Å². The zero-order valence-corrected chi connectivity index (χ0v) is 18.9. The fourth-order valence-corrected chi connectivity index (χ4v) is 7.07. The van der Waals surface area contributed by atoms with Crippen LogP contribution in [0.25, 0.3) is 10.9 Å². The molecule has 7 heteroatoms. The minimum absolute atomic E-state index is 0.00923. The summed E-state index contributed by atoms with van der Waals surface area (Å²) in [5, 5.41) is -0.0915. The van der Waals surface area contributed by atoms with E-state index >= 15 is 0 Å². The van der Waals surface area contributed by atoms with Gasteiger partial charge in [-0.3, -0.25) is 14.5 Å². The number of benzene rings is 1. The van der Waals surface area contributed by atoms with Gasteiger partial charge in [-0.2, -0.15) is 0 Å². The molecule has 1 amide bonds. The summed E-state index contributed by atoms with van der Waals surface area (Å²) in [6.45, 7) is 2.73. The van der Waals surface area contributed by atoms with Gasteiger partial charge in [-0.25, -0.2) is 8.78 Å². The second-order valence-corrected chi connectivity index (χ2v) is 10.3. The van der Waals surface area contributed by atoms with Gasteiger partial charge in [-0.1, -0.05) is 18.1 Å². The number of halogens is 2. The number of likely N-dealkylation sites (tertiary alicyclic amines) is 1. The van der Waals surface area contributed by atoms with E-state index in [4.69, 9.17) is 0 Å². The molecular formula is C26H29F2N3O2. The van der Waals surface area contributed by atoms with Gasteiger partial charge in [0, 0.05) is 38.4 Å². The molecule has 1 aromatic heterocycles. The van der Waals surface area contributed by atoms with E-state index in [1.54, 1.807) is 7.05 Å².